The van der Waals surface area contributed by atoms with Crippen LogP contribution in [0.4, 0.5) is 0 Å². The highest BCUT2D eigenvalue weighted by atomic mass is 16.2. The van der Waals surface area contributed by atoms with Crippen LogP contribution in [0.1, 0.15) is 51.9 Å². The van der Waals surface area contributed by atoms with Gasteiger partial charge in [0.05, 0.1) is 11.8 Å². The minimum atomic E-state index is 0.00626. The van der Waals surface area contributed by atoms with Crippen molar-refractivity contribution in [1.82, 2.24) is 10.2 Å². The second kappa shape index (κ2) is 5.84. The van der Waals surface area contributed by atoms with E-state index in [4.69, 9.17) is 0 Å². The number of amides is 2. The van der Waals surface area contributed by atoms with E-state index in [-0.39, 0.29) is 23.7 Å². The van der Waals surface area contributed by atoms with E-state index in [9.17, 15) is 9.59 Å². The van der Waals surface area contributed by atoms with Crippen LogP contribution in [0.5, 0.6) is 0 Å². The fourth-order valence-corrected chi connectivity index (χ4v) is 4.21. The van der Waals surface area contributed by atoms with Crippen molar-refractivity contribution < 1.29 is 9.59 Å². The maximum Gasteiger partial charge on any atom is 0.233 e. The summed E-state index contributed by atoms with van der Waals surface area (Å²) >= 11 is 0. The monoisotopic (exact) mass is 278 g/mol. The number of hydrogen-bond donors (Lipinski definition) is 1. The number of carbonyl (C=O) groups is 2. The standard InChI is InChI=1S/C16H26N2O2/c1-2-11-9-13-14(10-11)16(20)18(15(13)19)8-6-12-5-3-4-7-17-12/h11-14,17H,2-10H2,1H3. The lowest BCUT2D eigenvalue weighted by Gasteiger charge is -2.25. The van der Waals surface area contributed by atoms with Crippen LogP contribution in [-0.4, -0.2) is 35.8 Å². The Morgan fingerprint density at radius 2 is 1.85 bits per heavy atom. The van der Waals surface area contributed by atoms with E-state index < -0.39 is 0 Å². The molecule has 3 unspecified atom stereocenters. The summed E-state index contributed by atoms with van der Waals surface area (Å²) in [5.41, 5.74) is 0. The smallest absolute Gasteiger partial charge is 0.233 e. The highest BCUT2D eigenvalue weighted by Crippen LogP contribution is 2.44. The summed E-state index contributed by atoms with van der Waals surface area (Å²) in [7, 11) is 0. The largest absolute Gasteiger partial charge is 0.314 e. The number of nitrogens with one attached hydrogen (secondary N) is 1. The third-order valence-electron chi connectivity index (χ3n) is 5.52. The third-order valence-corrected chi connectivity index (χ3v) is 5.52. The van der Waals surface area contributed by atoms with Gasteiger partial charge in [0.2, 0.25) is 11.8 Å². The number of fused-ring (bicyclic) bond motifs is 1. The molecule has 2 amide bonds. The molecule has 4 heteroatoms. The number of imide groups is 1. The Morgan fingerprint density at radius 3 is 2.40 bits per heavy atom. The molecule has 3 atom stereocenters. The quantitative estimate of drug-likeness (QED) is 0.800. The number of piperidine rings is 1. The molecule has 3 rings (SSSR count). The second-order valence-corrected chi connectivity index (χ2v) is 6.72. The summed E-state index contributed by atoms with van der Waals surface area (Å²) in [6.07, 6.45) is 7.59. The molecular formula is C16H26N2O2. The van der Waals surface area contributed by atoms with Crippen LogP contribution in [0.3, 0.4) is 0 Å². The van der Waals surface area contributed by atoms with Gasteiger partial charge in [0.15, 0.2) is 0 Å². The van der Waals surface area contributed by atoms with Crippen LogP contribution in [-0.2, 0) is 9.59 Å². The minimum absolute atomic E-state index is 0.00626. The van der Waals surface area contributed by atoms with Gasteiger partial charge in [-0.3, -0.25) is 14.5 Å². The van der Waals surface area contributed by atoms with Crippen LogP contribution in [0.15, 0.2) is 0 Å². The van der Waals surface area contributed by atoms with Crippen molar-refractivity contribution in [3.8, 4) is 0 Å². The number of hydrogen-bond acceptors (Lipinski definition) is 3. The summed E-state index contributed by atoms with van der Waals surface area (Å²) in [5.74, 6) is 0.831. The molecule has 0 aromatic rings. The molecule has 1 aliphatic carbocycles. The fourth-order valence-electron chi connectivity index (χ4n) is 4.21. The zero-order chi connectivity index (χ0) is 14.1. The van der Waals surface area contributed by atoms with E-state index in [1.807, 2.05) is 0 Å². The third kappa shape index (κ3) is 2.50. The lowest BCUT2D eigenvalue weighted by Crippen LogP contribution is -2.40. The SMILES string of the molecule is CCC1CC2C(=O)N(CCC3CCCCN3)C(=O)C2C1. The molecule has 0 aromatic carbocycles. The molecule has 0 aromatic heterocycles. The molecule has 0 radical (unpaired) electrons. The fraction of sp³-hybridized carbons (Fsp3) is 0.875. The average molecular weight is 278 g/mol. The maximum atomic E-state index is 12.4. The number of nitrogens with zero attached hydrogens (tertiary/aromatic N) is 1. The van der Waals surface area contributed by atoms with Crippen LogP contribution >= 0.6 is 0 Å². The van der Waals surface area contributed by atoms with Gasteiger partial charge in [-0.1, -0.05) is 19.8 Å². The van der Waals surface area contributed by atoms with Gasteiger partial charge < -0.3 is 5.32 Å². The van der Waals surface area contributed by atoms with Crippen LogP contribution in [0.25, 0.3) is 0 Å². The second-order valence-electron chi connectivity index (χ2n) is 6.72. The summed E-state index contributed by atoms with van der Waals surface area (Å²) in [6, 6.07) is 0.494. The Hall–Kier alpha value is -0.900. The van der Waals surface area contributed by atoms with Crippen molar-refractivity contribution in [2.75, 3.05) is 13.1 Å². The summed E-state index contributed by atoms with van der Waals surface area (Å²) in [6.45, 7) is 3.86. The summed E-state index contributed by atoms with van der Waals surface area (Å²) < 4.78 is 0. The van der Waals surface area contributed by atoms with Crippen molar-refractivity contribution in [3.05, 3.63) is 0 Å². The van der Waals surface area contributed by atoms with Gasteiger partial charge in [-0.25, -0.2) is 0 Å². The topological polar surface area (TPSA) is 49.4 Å². The zero-order valence-electron chi connectivity index (χ0n) is 12.4. The van der Waals surface area contributed by atoms with E-state index >= 15 is 0 Å². The normalized spacial score (nSPS) is 37.5. The lowest BCUT2D eigenvalue weighted by molar-refractivity contribution is -0.140. The molecular weight excluding hydrogens is 252 g/mol. The van der Waals surface area contributed by atoms with Gasteiger partial charge in [-0.2, -0.15) is 0 Å². The minimum Gasteiger partial charge on any atom is -0.314 e. The van der Waals surface area contributed by atoms with Crippen LogP contribution < -0.4 is 5.32 Å². The number of carbonyl (C=O) groups excluding carboxylic acids is 2. The zero-order valence-corrected chi connectivity index (χ0v) is 12.4. The van der Waals surface area contributed by atoms with Gasteiger partial charge in [-0.15, -0.1) is 0 Å². The molecule has 1 saturated carbocycles. The van der Waals surface area contributed by atoms with E-state index in [1.54, 1.807) is 4.90 Å². The predicted molar refractivity (Wildman–Crippen MR) is 77.0 cm³/mol. The molecule has 0 bridgehead atoms. The summed E-state index contributed by atoms with van der Waals surface area (Å²) in [4.78, 5) is 26.4. The number of likely N-dealkylation sites (tertiary alicyclic amines) is 1. The highest BCUT2D eigenvalue weighted by Gasteiger charge is 2.51. The Balaban J connectivity index is 1.56. The van der Waals surface area contributed by atoms with Gasteiger partial charge in [0.25, 0.3) is 0 Å². The van der Waals surface area contributed by atoms with Crippen molar-refractivity contribution in [2.45, 2.75) is 57.9 Å². The first-order valence-electron chi connectivity index (χ1n) is 8.29. The van der Waals surface area contributed by atoms with Crippen LogP contribution in [0.2, 0.25) is 0 Å². The first-order chi connectivity index (χ1) is 9.70. The van der Waals surface area contributed by atoms with Crippen LogP contribution in [0, 0.1) is 17.8 Å². The molecule has 2 heterocycles. The van der Waals surface area contributed by atoms with Gasteiger partial charge in [-0.05, 0) is 44.6 Å². The molecule has 3 fully saturated rings. The molecule has 20 heavy (non-hydrogen) atoms. The van der Waals surface area contributed by atoms with Crippen molar-refractivity contribution in [2.24, 2.45) is 17.8 Å². The first kappa shape index (κ1) is 14.1. The van der Waals surface area contributed by atoms with E-state index in [0.717, 1.165) is 32.2 Å². The first-order valence-corrected chi connectivity index (χ1v) is 8.29. The van der Waals surface area contributed by atoms with Gasteiger partial charge >= 0.3 is 0 Å². The predicted octanol–water partition coefficient (Wildman–Crippen LogP) is 1.94. The Kier molecular flexibility index (Phi) is 4.11. The van der Waals surface area contributed by atoms with Crippen molar-refractivity contribution in [3.63, 3.8) is 0 Å². The van der Waals surface area contributed by atoms with E-state index in [0.29, 0.717) is 18.5 Å². The molecule has 3 aliphatic rings. The molecule has 112 valence electrons. The Morgan fingerprint density at radius 1 is 1.15 bits per heavy atom. The summed E-state index contributed by atoms with van der Waals surface area (Å²) in [5, 5.41) is 3.49. The highest BCUT2D eigenvalue weighted by molar-refractivity contribution is 6.05. The average Bonchev–Trinajstić information content (AvgIpc) is 3.00. The molecule has 2 saturated heterocycles. The Bertz CT molecular complexity index is 366. The molecule has 4 nitrogen and oxygen atoms in total. The Labute approximate surface area is 121 Å². The van der Waals surface area contributed by atoms with Crippen molar-refractivity contribution >= 4 is 11.8 Å². The molecule has 0 spiro atoms. The maximum absolute atomic E-state index is 12.4. The van der Waals surface area contributed by atoms with Crippen molar-refractivity contribution in [1.29, 1.82) is 0 Å². The van der Waals surface area contributed by atoms with Gasteiger partial charge in [0.1, 0.15) is 0 Å². The lowest BCUT2D eigenvalue weighted by atomic mass is 10.00. The van der Waals surface area contributed by atoms with E-state index in [1.165, 1.54) is 19.3 Å². The number of rotatable bonds is 4. The molecule has 2 aliphatic heterocycles. The van der Waals surface area contributed by atoms with E-state index in [2.05, 4.69) is 12.2 Å². The van der Waals surface area contributed by atoms with Gasteiger partial charge in [0, 0.05) is 12.6 Å². The molecule has 1 N–H and O–H groups in total.